The number of rotatable bonds is 4. The summed E-state index contributed by atoms with van der Waals surface area (Å²) in [5, 5.41) is 0.210. The van der Waals surface area contributed by atoms with E-state index in [1.165, 1.54) is 0 Å². The number of ether oxygens (including phenoxy) is 2. The summed E-state index contributed by atoms with van der Waals surface area (Å²) in [6.45, 7) is 9.82. The molecule has 0 aromatic carbocycles. The highest BCUT2D eigenvalue weighted by atomic mass is 35.5. The largest absolute Gasteiger partial charge is 0.461 e. The molecule has 12 heteroatoms. The van der Waals surface area contributed by atoms with E-state index in [4.69, 9.17) is 26.1 Å². The van der Waals surface area contributed by atoms with Gasteiger partial charge in [0.1, 0.15) is 29.7 Å². The predicted octanol–water partition coefficient (Wildman–Crippen LogP) is 4.67. The molecule has 9 nitrogen and oxygen atoms in total. The molecular weight excluding hydrogens is 530 g/mol. The van der Waals surface area contributed by atoms with Crippen LogP contribution in [0.5, 0.6) is 6.01 Å². The minimum Gasteiger partial charge on any atom is -0.461 e. The smallest absolute Gasteiger partial charge is 0.410 e. The second-order valence-electron chi connectivity index (χ2n) is 12.4. The minimum absolute atomic E-state index is 0.0310. The highest BCUT2D eigenvalue weighted by Gasteiger charge is 2.50. The lowest BCUT2D eigenvalue weighted by atomic mass is 9.95. The van der Waals surface area contributed by atoms with Gasteiger partial charge in [-0.25, -0.2) is 18.6 Å². The monoisotopic (exact) mass is 564 g/mol. The summed E-state index contributed by atoms with van der Waals surface area (Å²) < 4.78 is 41.4. The van der Waals surface area contributed by atoms with Crippen molar-refractivity contribution in [1.82, 2.24) is 24.8 Å². The summed E-state index contributed by atoms with van der Waals surface area (Å²) in [7, 11) is 0. The zero-order valence-corrected chi connectivity index (χ0v) is 23.6. The molecule has 0 spiro atoms. The number of hydrogen-bond acceptors (Lipinski definition) is 8. The van der Waals surface area contributed by atoms with E-state index in [2.05, 4.69) is 19.8 Å². The molecule has 4 atom stereocenters. The number of pyridine rings is 1. The lowest BCUT2D eigenvalue weighted by molar-refractivity contribution is 0.0122. The zero-order chi connectivity index (χ0) is 27.7. The summed E-state index contributed by atoms with van der Waals surface area (Å²) in [4.78, 5) is 32.4. The average molecular weight is 565 g/mol. The molecule has 0 aliphatic carbocycles. The van der Waals surface area contributed by atoms with Crippen LogP contribution in [0.4, 0.5) is 19.4 Å². The van der Waals surface area contributed by atoms with Gasteiger partial charge in [-0.3, -0.25) is 9.80 Å². The second-order valence-corrected chi connectivity index (χ2v) is 12.8. The molecule has 39 heavy (non-hydrogen) atoms. The standard InChI is InChI=1S/C27H35ClF2N6O3/c1-15-19-21(20(30)22(28)31-15)32-24(38-14-27-8-5-9-35(27)11-16(29)10-27)33-23(19)34-12-17-6-7-18(13-34)36(17)25(37)39-26(2,3)4/h16-18H,5-14H2,1-4H3/t16-,17-,18+,27+/m1/s1. The second kappa shape index (κ2) is 9.54. The van der Waals surface area contributed by atoms with E-state index in [9.17, 15) is 9.18 Å². The fraction of sp³-hybridized carbons (Fsp3) is 0.704. The molecule has 4 aliphatic heterocycles. The maximum absolute atomic E-state index is 15.3. The summed E-state index contributed by atoms with van der Waals surface area (Å²) in [5.74, 6) is -0.224. The van der Waals surface area contributed by atoms with Gasteiger partial charge in [0.2, 0.25) is 0 Å². The van der Waals surface area contributed by atoms with Gasteiger partial charge in [0.05, 0.1) is 28.7 Å². The molecule has 212 valence electrons. The fourth-order valence-electron chi connectivity index (χ4n) is 6.90. The van der Waals surface area contributed by atoms with Gasteiger partial charge in [0.25, 0.3) is 0 Å². The van der Waals surface area contributed by atoms with Gasteiger partial charge >= 0.3 is 12.1 Å². The number of fused-ring (bicyclic) bond motifs is 4. The van der Waals surface area contributed by atoms with Gasteiger partial charge in [-0.2, -0.15) is 9.97 Å². The van der Waals surface area contributed by atoms with Crippen LogP contribution in [0.1, 0.15) is 58.6 Å². The Balaban J connectivity index is 1.33. The predicted molar refractivity (Wildman–Crippen MR) is 143 cm³/mol. The van der Waals surface area contributed by atoms with Crippen molar-refractivity contribution in [2.45, 2.75) is 89.2 Å². The zero-order valence-electron chi connectivity index (χ0n) is 22.8. The van der Waals surface area contributed by atoms with Crippen LogP contribution < -0.4 is 9.64 Å². The third-order valence-corrected chi connectivity index (χ3v) is 8.75. The van der Waals surface area contributed by atoms with Crippen molar-refractivity contribution in [2.75, 3.05) is 37.7 Å². The van der Waals surface area contributed by atoms with E-state index in [0.29, 0.717) is 43.0 Å². The summed E-state index contributed by atoms with van der Waals surface area (Å²) in [5.41, 5.74) is -0.417. The summed E-state index contributed by atoms with van der Waals surface area (Å²) in [6.07, 6.45) is 2.72. The van der Waals surface area contributed by atoms with Crippen LogP contribution in [0.2, 0.25) is 5.15 Å². The van der Waals surface area contributed by atoms with Crippen molar-refractivity contribution < 1.29 is 23.0 Å². The number of anilines is 1. The number of piperazine rings is 1. The van der Waals surface area contributed by atoms with E-state index in [-0.39, 0.29) is 47.0 Å². The Kier molecular flexibility index (Phi) is 6.53. The first-order chi connectivity index (χ1) is 18.4. The molecule has 0 saturated carbocycles. The highest BCUT2D eigenvalue weighted by Crippen LogP contribution is 2.41. The van der Waals surface area contributed by atoms with E-state index in [0.717, 1.165) is 32.2 Å². The molecule has 4 aliphatic rings. The summed E-state index contributed by atoms with van der Waals surface area (Å²) in [6, 6.07) is -0.0999. The van der Waals surface area contributed by atoms with Crippen LogP contribution in [0, 0.1) is 12.7 Å². The molecule has 1 amide bonds. The third kappa shape index (κ3) is 4.75. The van der Waals surface area contributed by atoms with Gasteiger partial charge in [-0.05, 0) is 59.9 Å². The Hall–Kier alpha value is -2.53. The SMILES string of the molecule is Cc1nc(Cl)c(F)c2nc(OC[C@@]34CCCN3C[C@H](F)C4)nc(N3C[C@H]4CC[C@@H](C3)N4C(=O)OC(C)(C)C)c12. The Morgan fingerprint density at radius 3 is 2.56 bits per heavy atom. The molecule has 0 N–H and O–H groups in total. The minimum atomic E-state index is -0.885. The average Bonchev–Trinajstić information content (AvgIpc) is 3.47. The van der Waals surface area contributed by atoms with E-state index in [1.807, 2.05) is 25.7 Å². The number of nitrogens with zero attached hydrogens (tertiary/aromatic N) is 6. The van der Waals surface area contributed by atoms with Gasteiger partial charge in [-0.1, -0.05) is 11.6 Å². The maximum atomic E-state index is 15.3. The lowest BCUT2D eigenvalue weighted by Crippen LogP contribution is -2.57. The number of hydrogen-bond donors (Lipinski definition) is 0. The molecule has 4 fully saturated rings. The van der Waals surface area contributed by atoms with Crippen LogP contribution in [0.3, 0.4) is 0 Å². The van der Waals surface area contributed by atoms with Crippen molar-refractivity contribution in [3.05, 3.63) is 16.7 Å². The first-order valence-corrected chi connectivity index (χ1v) is 14.1. The molecule has 4 saturated heterocycles. The van der Waals surface area contributed by atoms with Crippen LogP contribution in [0.15, 0.2) is 0 Å². The van der Waals surface area contributed by atoms with Crippen LogP contribution >= 0.6 is 11.6 Å². The molecule has 0 unspecified atom stereocenters. The van der Waals surface area contributed by atoms with E-state index >= 15 is 4.39 Å². The molecule has 2 aromatic rings. The molecule has 0 radical (unpaired) electrons. The quantitative estimate of drug-likeness (QED) is 0.496. The van der Waals surface area contributed by atoms with E-state index in [1.54, 1.807) is 6.92 Å². The maximum Gasteiger partial charge on any atom is 0.410 e. The lowest BCUT2D eigenvalue weighted by Gasteiger charge is -2.42. The molecule has 2 aromatic heterocycles. The highest BCUT2D eigenvalue weighted by molar-refractivity contribution is 6.30. The molecular formula is C27H35ClF2N6O3. The molecule has 2 bridgehead atoms. The molecule has 6 rings (SSSR count). The van der Waals surface area contributed by atoms with Crippen molar-refractivity contribution in [1.29, 1.82) is 0 Å². The van der Waals surface area contributed by atoms with Crippen LogP contribution in [0.25, 0.3) is 10.9 Å². The fourth-order valence-corrected chi connectivity index (χ4v) is 7.12. The number of halogens is 3. The number of carbonyl (C=O) groups is 1. The van der Waals surface area contributed by atoms with Gasteiger partial charge in [0.15, 0.2) is 11.0 Å². The van der Waals surface area contributed by atoms with Crippen molar-refractivity contribution in [2.24, 2.45) is 0 Å². The number of aromatic nitrogens is 3. The normalized spacial score (nSPS) is 28.8. The first-order valence-electron chi connectivity index (χ1n) is 13.8. The Bertz CT molecular complexity index is 1290. The first kappa shape index (κ1) is 26.7. The number of carbonyl (C=O) groups excluding carboxylic acids is 1. The number of alkyl halides is 1. The van der Waals surface area contributed by atoms with Gasteiger partial charge < -0.3 is 14.4 Å². The van der Waals surface area contributed by atoms with Crippen LogP contribution in [-0.4, -0.2) is 93.0 Å². The summed E-state index contributed by atoms with van der Waals surface area (Å²) >= 11 is 6.11. The van der Waals surface area contributed by atoms with Crippen molar-refractivity contribution >= 4 is 34.4 Å². The van der Waals surface area contributed by atoms with E-state index < -0.39 is 17.6 Å². The number of aryl methyl sites for hydroxylation is 1. The topological polar surface area (TPSA) is 83.9 Å². The van der Waals surface area contributed by atoms with Crippen LogP contribution in [-0.2, 0) is 4.74 Å². The number of amides is 1. The Labute approximate surface area is 231 Å². The Morgan fingerprint density at radius 1 is 1.15 bits per heavy atom. The third-order valence-electron chi connectivity index (χ3n) is 8.50. The van der Waals surface area contributed by atoms with Crippen molar-refractivity contribution in [3.8, 4) is 6.01 Å². The molecule has 6 heterocycles. The van der Waals surface area contributed by atoms with Gasteiger partial charge in [-0.15, -0.1) is 0 Å². The van der Waals surface area contributed by atoms with Gasteiger partial charge in [0, 0.05) is 26.1 Å². The van der Waals surface area contributed by atoms with Crippen molar-refractivity contribution in [3.63, 3.8) is 0 Å². The Morgan fingerprint density at radius 2 is 1.87 bits per heavy atom.